The lowest BCUT2D eigenvalue weighted by atomic mass is 10.1. The SMILES string of the molecule is Cc1ccc([N+](=O)[O-])cc1C(=O)NCCCO. The van der Waals surface area contributed by atoms with Crippen molar-refractivity contribution < 1.29 is 14.8 Å². The summed E-state index contributed by atoms with van der Waals surface area (Å²) in [4.78, 5) is 21.8. The average molecular weight is 238 g/mol. The summed E-state index contributed by atoms with van der Waals surface area (Å²) in [6.07, 6.45) is 0.458. The van der Waals surface area contributed by atoms with Crippen LogP contribution in [-0.4, -0.2) is 29.1 Å². The number of hydrogen-bond donors (Lipinski definition) is 2. The largest absolute Gasteiger partial charge is 0.396 e. The van der Waals surface area contributed by atoms with Gasteiger partial charge in [-0.15, -0.1) is 0 Å². The molecule has 1 rings (SSSR count). The van der Waals surface area contributed by atoms with E-state index in [0.29, 0.717) is 18.5 Å². The molecule has 0 saturated carbocycles. The lowest BCUT2D eigenvalue weighted by Crippen LogP contribution is -2.25. The van der Waals surface area contributed by atoms with Gasteiger partial charge >= 0.3 is 0 Å². The van der Waals surface area contributed by atoms with Crippen LogP contribution in [0.15, 0.2) is 18.2 Å². The summed E-state index contributed by atoms with van der Waals surface area (Å²) in [5.41, 5.74) is 0.858. The van der Waals surface area contributed by atoms with Crippen LogP contribution in [0.1, 0.15) is 22.3 Å². The maximum Gasteiger partial charge on any atom is 0.270 e. The smallest absolute Gasteiger partial charge is 0.270 e. The van der Waals surface area contributed by atoms with Gasteiger partial charge in [-0.05, 0) is 18.9 Å². The number of carbonyl (C=O) groups excluding carboxylic acids is 1. The fraction of sp³-hybridized carbons (Fsp3) is 0.364. The molecule has 1 amide bonds. The van der Waals surface area contributed by atoms with Crippen LogP contribution in [0.5, 0.6) is 0 Å². The normalized spacial score (nSPS) is 10.0. The summed E-state index contributed by atoms with van der Waals surface area (Å²) in [6, 6.07) is 4.16. The molecule has 0 bridgehead atoms. The van der Waals surface area contributed by atoms with Gasteiger partial charge in [0.2, 0.25) is 0 Å². The second kappa shape index (κ2) is 5.95. The van der Waals surface area contributed by atoms with Crippen LogP contribution in [0, 0.1) is 17.0 Å². The first-order valence-electron chi connectivity index (χ1n) is 5.20. The molecule has 17 heavy (non-hydrogen) atoms. The highest BCUT2D eigenvalue weighted by molar-refractivity contribution is 5.96. The number of nitrogens with one attached hydrogen (secondary N) is 1. The van der Waals surface area contributed by atoms with E-state index in [0.717, 1.165) is 0 Å². The molecule has 1 aromatic rings. The molecule has 0 aliphatic carbocycles. The number of nitrogens with zero attached hydrogens (tertiary/aromatic N) is 1. The third-order valence-electron chi connectivity index (χ3n) is 2.30. The van der Waals surface area contributed by atoms with E-state index in [4.69, 9.17) is 5.11 Å². The van der Waals surface area contributed by atoms with E-state index in [1.54, 1.807) is 13.0 Å². The van der Waals surface area contributed by atoms with E-state index < -0.39 is 4.92 Å². The van der Waals surface area contributed by atoms with E-state index in [-0.39, 0.29) is 23.8 Å². The highest BCUT2D eigenvalue weighted by Crippen LogP contribution is 2.17. The van der Waals surface area contributed by atoms with E-state index in [1.165, 1.54) is 12.1 Å². The summed E-state index contributed by atoms with van der Waals surface area (Å²) >= 11 is 0. The molecule has 6 nitrogen and oxygen atoms in total. The summed E-state index contributed by atoms with van der Waals surface area (Å²) < 4.78 is 0. The van der Waals surface area contributed by atoms with Gasteiger partial charge in [0.1, 0.15) is 0 Å². The molecule has 0 spiro atoms. The average Bonchev–Trinajstić information content (AvgIpc) is 2.29. The van der Waals surface area contributed by atoms with E-state index in [1.807, 2.05) is 0 Å². The van der Waals surface area contributed by atoms with Crippen molar-refractivity contribution >= 4 is 11.6 Å². The molecular weight excluding hydrogens is 224 g/mol. The number of rotatable bonds is 5. The Hall–Kier alpha value is -1.95. The molecule has 0 unspecified atom stereocenters. The Kier molecular flexibility index (Phi) is 4.59. The van der Waals surface area contributed by atoms with Gasteiger partial charge in [0, 0.05) is 30.8 Å². The van der Waals surface area contributed by atoms with Gasteiger partial charge in [0.25, 0.3) is 11.6 Å². The van der Waals surface area contributed by atoms with Crippen molar-refractivity contribution in [3.63, 3.8) is 0 Å². The molecule has 6 heteroatoms. The number of aliphatic hydroxyl groups excluding tert-OH is 1. The van der Waals surface area contributed by atoms with E-state index in [2.05, 4.69) is 5.32 Å². The Bertz CT molecular complexity index is 431. The van der Waals surface area contributed by atoms with Crippen molar-refractivity contribution in [2.75, 3.05) is 13.2 Å². The molecule has 0 aliphatic rings. The number of carbonyl (C=O) groups is 1. The van der Waals surface area contributed by atoms with Gasteiger partial charge in [-0.1, -0.05) is 6.07 Å². The second-order valence-electron chi connectivity index (χ2n) is 3.59. The highest BCUT2D eigenvalue weighted by Gasteiger charge is 2.13. The van der Waals surface area contributed by atoms with Crippen LogP contribution in [-0.2, 0) is 0 Å². The van der Waals surface area contributed by atoms with Crippen molar-refractivity contribution in [1.82, 2.24) is 5.32 Å². The van der Waals surface area contributed by atoms with Crippen molar-refractivity contribution in [2.24, 2.45) is 0 Å². The van der Waals surface area contributed by atoms with Gasteiger partial charge < -0.3 is 10.4 Å². The molecule has 0 aliphatic heterocycles. The molecule has 0 saturated heterocycles. The molecule has 0 atom stereocenters. The van der Waals surface area contributed by atoms with Gasteiger partial charge in [0.15, 0.2) is 0 Å². The topological polar surface area (TPSA) is 92.5 Å². The lowest BCUT2D eigenvalue weighted by molar-refractivity contribution is -0.384. The number of aliphatic hydroxyl groups is 1. The van der Waals surface area contributed by atoms with E-state index in [9.17, 15) is 14.9 Å². The molecule has 0 radical (unpaired) electrons. The Balaban J connectivity index is 2.84. The second-order valence-corrected chi connectivity index (χ2v) is 3.59. The Morgan fingerprint density at radius 2 is 2.24 bits per heavy atom. The summed E-state index contributed by atoms with van der Waals surface area (Å²) in [6.45, 7) is 2.05. The lowest BCUT2D eigenvalue weighted by Gasteiger charge is -2.06. The molecule has 0 heterocycles. The quantitative estimate of drug-likeness (QED) is 0.455. The molecule has 0 fully saturated rings. The number of nitro groups is 1. The maximum absolute atomic E-state index is 11.7. The highest BCUT2D eigenvalue weighted by atomic mass is 16.6. The van der Waals surface area contributed by atoms with Crippen molar-refractivity contribution in [3.05, 3.63) is 39.4 Å². The number of nitro benzene ring substituents is 1. The fourth-order valence-corrected chi connectivity index (χ4v) is 1.34. The van der Waals surface area contributed by atoms with E-state index >= 15 is 0 Å². The maximum atomic E-state index is 11.7. The number of benzene rings is 1. The minimum absolute atomic E-state index is 0.00575. The molecular formula is C11H14N2O4. The van der Waals surface area contributed by atoms with Crippen LogP contribution in [0.25, 0.3) is 0 Å². The minimum atomic E-state index is -0.538. The number of non-ortho nitro benzene ring substituents is 1. The van der Waals surface area contributed by atoms with Crippen molar-refractivity contribution in [1.29, 1.82) is 0 Å². The van der Waals surface area contributed by atoms with Gasteiger partial charge in [-0.25, -0.2) is 0 Å². The zero-order valence-electron chi connectivity index (χ0n) is 9.47. The van der Waals surface area contributed by atoms with Crippen LogP contribution in [0.2, 0.25) is 0 Å². The molecule has 0 aromatic heterocycles. The first-order chi connectivity index (χ1) is 8.06. The zero-order valence-corrected chi connectivity index (χ0v) is 9.47. The van der Waals surface area contributed by atoms with Gasteiger partial charge in [-0.2, -0.15) is 0 Å². The summed E-state index contributed by atoms with van der Waals surface area (Å²) in [5.74, 6) is -0.361. The third kappa shape index (κ3) is 3.53. The van der Waals surface area contributed by atoms with Crippen molar-refractivity contribution in [3.8, 4) is 0 Å². The fourth-order valence-electron chi connectivity index (χ4n) is 1.34. The Morgan fingerprint density at radius 3 is 2.82 bits per heavy atom. The number of aryl methyl sites for hydroxylation is 1. The van der Waals surface area contributed by atoms with Crippen LogP contribution in [0.4, 0.5) is 5.69 Å². The Morgan fingerprint density at radius 1 is 1.53 bits per heavy atom. The standard InChI is InChI=1S/C11H14N2O4/c1-8-3-4-9(13(16)17)7-10(8)11(15)12-5-2-6-14/h3-4,7,14H,2,5-6H2,1H3,(H,12,15). The summed E-state index contributed by atoms with van der Waals surface area (Å²) in [7, 11) is 0. The van der Waals surface area contributed by atoms with Crippen LogP contribution >= 0.6 is 0 Å². The molecule has 92 valence electrons. The first-order valence-corrected chi connectivity index (χ1v) is 5.20. The Labute approximate surface area is 98.4 Å². The summed E-state index contributed by atoms with van der Waals surface area (Å²) in [5, 5.41) is 21.8. The van der Waals surface area contributed by atoms with Crippen LogP contribution in [0.3, 0.4) is 0 Å². The number of hydrogen-bond acceptors (Lipinski definition) is 4. The molecule has 2 N–H and O–H groups in total. The third-order valence-corrected chi connectivity index (χ3v) is 2.30. The number of amides is 1. The van der Waals surface area contributed by atoms with Crippen LogP contribution < -0.4 is 5.32 Å². The zero-order chi connectivity index (χ0) is 12.8. The van der Waals surface area contributed by atoms with Crippen molar-refractivity contribution in [2.45, 2.75) is 13.3 Å². The van der Waals surface area contributed by atoms with Gasteiger partial charge in [0.05, 0.1) is 4.92 Å². The predicted molar refractivity (Wildman–Crippen MR) is 61.9 cm³/mol. The first kappa shape index (κ1) is 13.1. The predicted octanol–water partition coefficient (Wildman–Crippen LogP) is 1.02. The monoisotopic (exact) mass is 238 g/mol. The minimum Gasteiger partial charge on any atom is -0.396 e. The molecule has 1 aromatic carbocycles. The van der Waals surface area contributed by atoms with Gasteiger partial charge in [-0.3, -0.25) is 14.9 Å².